The molecule has 2 heterocycles. The molecule has 2 bridgehead atoms. The van der Waals surface area contributed by atoms with E-state index in [0.29, 0.717) is 12.5 Å². The van der Waals surface area contributed by atoms with Crippen LogP contribution in [0.25, 0.3) is 0 Å². The molecule has 1 saturated carbocycles. The Morgan fingerprint density at radius 1 is 1.04 bits per heavy atom. The normalized spacial score (nSPS) is 32.4. The minimum atomic E-state index is -0.267. The van der Waals surface area contributed by atoms with Gasteiger partial charge in [-0.2, -0.15) is 0 Å². The van der Waals surface area contributed by atoms with Crippen molar-refractivity contribution in [2.45, 2.75) is 71.4 Å². The van der Waals surface area contributed by atoms with Gasteiger partial charge in [0.25, 0.3) is 0 Å². The molecule has 3 unspecified atom stereocenters. The van der Waals surface area contributed by atoms with Crippen molar-refractivity contribution in [3.8, 4) is 11.5 Å². The highest BCUT2D eigenvalue weighted by molar-refractivity contribution is 5.44. The molecule has 4 heteroatoms. The van der Waals surface area contributed by atoms with Crippen LogP contribution in [0.1, 0.15) is 53.0 Å². The zero-order valence-corrected chi connectivity index (χ0v) is 16.6. The monoisotopic (exact) mass is 348 g/mol. The molecule has 3 atom stereocenters. The maximum atomic E-state index is 6.52. The minimum absolute atomic E-state index is 0.0291. The Morgan fingerprint density at radius 3 is 2.12 bits per heavy atom. The largest absolute Gasteiger partial charge is 0.496 e. The van der Waals surface area contributed by atoms with E-state index >= 15 is 0 Å². The van der Waals surface area contributed by atoms with Crippen LogP contribution in [0.4, 0.5) is 0 Å². The van der Waals surface area contributed by atoms with Crippen molar-refractivity contribution in [3.05, 3.63) is 23.8 Å². The third-order valence-corrected chi connectivity index (χ3v) is 6.32. The van der Waals surface area contributed by atoms with Gasteiger partial charge >= 0.3 is 0 Å². The van der Waals surface area contributed by atoms with Crippen molar-refractivity contribution in [1.29, 1.82) is 0 Å². The summed E-state index contributed by atoms with van der Waals surface area (Å²) in [7, 11) is 3.36. The molecule has 1 aliphatic carbocycles. The quantitative estimate of drug-likeness (QED) is 0.780. The molecular formula is C21H32O4. The zero-order chi connectivity index (χ0) is 18.5. The van der Waals surface area contributed by atoms with E-state index in [4.69, 9.17) is 18.9 Å². The lowest BCUT2D eigenvalue weighted by molar-refractivity contribution is -0.331. The van der Waals surface area contributed by atoms with E-state index < -0.39 is 0 Å². The van der Waals surface area contributed by atoms with E-state index in [1.807, 2.05) is 18.2 Å². The van der Waals surface area contributed by atoms with Gasteiger partial charge in [0, 0.05) is 0 Å². The van der Waals surface area contributed by atoms with Crippen LogP contribution in [0.2, 0.25) is 0 Å². The van der Waals surface area contributed by atoms with Gasteiger partial charge in [-0.05, 0) is 57.1 Å². The Bertz CT molecular complexity index is 610. The molecule has 25 heavy (non-hydrogen) atoms. The topological polar surface area (TPSA) is 36.9 Å². The Balaban J connectivity index is 1.87. The second kappa shape index (κ2) is 6.17. The Morgan fingerprint density at radius 2 is 1.64 bits per heavy atom. The molecule has 0 aromatic heterocycles. The van der Waals surface area contributed by atoms with E-state index in [0.717, 1.165) is 23.5 Å². The molecule has 0 N–H and O–H groups in total. The second-order valence-corrected chi connectivity index (χ2v) is 8.76. The summed E-state index contributed by atoms with van der Waals surface area (Å²) in [6, 6.07) is 5.82. The Kier molecular flexibility index (Phi) is 4.57. The molecule has 140 valence electrons. The highest BCUT2D eigenvalue weighted by Gasteiger charge is 2.63. The number of hydrogen-bond donors (Lipinski definition) is 0. The van der Waals surface area contributed by atoms with Gasteiger partial charge in [-0.25, -0.2) is 0 Å². The summed E-state index contributed by atoms with van der Waals surface area (Å²) < 4.78 is 24.1. The summed E-state index contributed by atoms with van der Waals surface area (Å²) >= 11 is 0. The first-order chi connectivity index (χ1) is 11.7. The molecule has 4 rings (SSSR count). The Hall–Kier alpha value is -1.26. The van der Waals surface area contributed by atoms with E-state index in [1.54, 1.807) is 14.2 Å². The van der Waals surface area contributed by atoms with Crippen molar-refractivity contribution < 1.29 is 18.9 Å². The van der Waals surface area contributed by atoms with E-state index in [9.17, 15) is 0 Å². The molecule has 2 saturated heterocycles. The summed E-state index contributed by atoms with van der Waals surface area (Å²) in [5.74, 6) is 2.07. The van der Waals surface area contributed by atoms with E-state index in [1.165, 1.54) is 6.42 Å². The minimum Gasteiger partial charge on any atom is -0.496 e. The second-order valence-electron chi connectivity index (χ2n) is 8.76. The number of rotatable bonds is 5. The van der Waals surface area contributed by atoms with Gasteiger partial charge in [-0.3, -0.25) is 0 Å². The molecule has 1 aromatic carbocycles. The van der Waals surface area contributed by atoms with Crippen LogP contribution >= 0.6 is 0 Å². The van der Waals surface area contributed by atoms with Crippen molar-refractivity contribution in [2.24, 2.45) is 11.3 Å². The predicted octanol–water partition coefficient (Wildman–Crippen LogP) is 4.59. The summed E-state index contributed by atoms with van der Waals surface area (Å²) in [5, 5.41) is 0. The average Bonchev–Trinajstić information content (AvgIpc) is 2.52. The average molecular weight is 348 g/mol. The van der Waals surface area contributed by atoms with Crippen LogP contribution in [-0.2, 0) is 16.1 Å². The standard InChI is InChI=1S/C21H32O4/c1-19(2)17-11-12-21(5,25-20(17,3)4)18(19)24-13-14-15(22-6)9-8-10-16(14)23-7/h8-10,17-18H,11-13H2,1-7H3. The first-order valence-corrected chi connectivity index (χ1v) is 9.17. The number of ether oxygens (including phenoxy) is 4. The van der Waals surface area contributed by atoms with Crippen molar-refractivity contribution >= 4 is 0 Å². The van der Waals surface area contributed by atoms with Gasteiger partial charge in [-0.1, -0.05) is 19.9 Å². The van der Waals surface area contributed by atoms with Crippen molar-refractivity contribution in [3.63, 3.8) is 0 Å². The third-order valence-electron chi connectivity index (χ3n) is 6.32. The maximum Gasteiger partial charge on any atom is 0.128 e. The molecule has 4 nitrogen and oxygen atoms in total. The van der Waals surface area contributed by atoms with Crippen LogP contribution in [0.15, 0.2) is 18.2 Å². The van der Waals surface area contributed by atoms with E-state index in [-0.39, 0.29) is 22.7 Å². The number of fused-ring (bicyclic) bond motifs is 3. The van der Waals surface area contributed by atoms with Crippen LogP contribution < -0.4 is 9.47 Å². The molecular weight excluding hydrogens is 316 g/mol. The van der Waals surface area contributed by atoms with Gasteiger partial charge < -0.3 is 18.9 Å². The van der Waals surface area contributed by atoms with Crippen molar-refractivity contribution in [2.75, 3.05) is 14.2 Å². The Labute approximate surface area is 151 Å². The lowest BCUT2D eigenvalue weighted by Crippen LogP contribution is -2.69. The maximum absolute atomic E-state index is 6.52. The van der Waals surface area contributed by atoms with Crippen LogP contribution in [0.5, 0.6) is 11.5 Å². The highest BCUT2D eigenvalue weighted by atomic mass is 16.6. The number of benzene rings is 1. The van der Waals surface area contributed by atoms with Crippen LogP contribution in [0.3, 0.4) is 0 Å². The van der Waals surface area contributed by atoms with Crippen molar-refractivity contribution in [1.82, 2.24) is 0 Å². The van der Waals surface area contributed by atoms with Gasteiger partial charge in [0.2, 0.25) is 0 Å². The first-order valence-electron chi connectivity index (χ1n) is 9.17. The first kappa shape index (κ1) is 18.5. The molecule has 0 spiro atoms. The summed E-state index contributed by atoms with van der Waals surface area (Å²) in [6.07, 6.45) is 2.26. The fourth-order valence-electron chi connectivity index (χ4n) is 5.55. The highest BCUT2D eigenvalue weighted by Crippen LogP contribution is 2.59. The molecule has 3 fully saturated rings. The lowest BCUT2D eigenvalue weighted by atomic mass is 9.54. The molecule has 1 aromatic rings. The number of methoxy groups -OCH3 is 2. The van der Waals surface area contributed by atoms with Crippen LogP contribution in [-0.4, -0.2) is 31.5 Å². The van der Waals surface area contributed by atoms with Gasteiger partial charge in [-0.15, -0.1) is 0 Å². The van der Waals surface area contributed by atoms with Gasteiger partial charge in [0.05, 0.1) is 43.7 Å². The smallest absolute Gasteiger partial charge is 0.128 e. The van der Waals surface area contributed by atoms with E-state index in [2.05, 4.69) is 34.6 Å². The molecule has 0 radical (unpaired) electrons. The fraction of sp³-hybridized carbons (Fsp3) is 0.714. The van der Waals surface area contributed by atoms with Gasteiger partial charge in [0.1, 0.15) is 11.5 Å². The van der Waals surface area contributed by atoms with Gasteiger partial charge in [0.15, 0.2) is 0 Å². The zero-order valence-electron chi connectivity index (χ0n) is 16.6. The fourth-order valence-corrected chi connectivity index (χ4v) is 5.55. The number of hydrogen-bond acceptors (Lipinski definition) is 4. The molecule has 3 aliphatic rings. The molecule has 0 amide bonds. The predicted molar refractivity (Wildman–Crippen MR) is 98.2 cm³/mol. The summed E-state index contributed by atoms with van der Waals surface area (Å²) in [5.41, 5.74) is 0.618. The SMILES string of the molecule is COc1cccc(OC)c1COC1C2(C)CCC(C(C)(C)O2)C1(C)C. The molecule has 2 aliphatic heterocycles. The summed E-state index contributed by atoms with van der Waals surface area (Å²) in [6.45, 7) is 11.7. The lowest BCUT2D eigenvalue weighted by Gasteiger charge is -2.65. The third kappa shape index (κ3) is 2.93. The summed E-state index contributed by atoms with van der Waals surface area (Å²) in [4.78, 5) is 0. The van der Waals surface area contributed by atoms with Crippen LogP contribution in [0, 0.1) is 11.3 Å².